The normalized spacial score (nSPS) is 21.5. The van der Waals surface area contributed by atoms with Crippen LogP contribution in [0.1, 0.15) is 63.4 Å². The summed E-state index contributed by atoms with van der Waals surface area (Å²) in [5, 5.41) is 6.87. The third kappa shape index (κ3) is 5.66. The highest BCUT2D eigenvalue weighted by atomic mass is 19.2. The largest absolute Gasteiger partial charge is 0.356 e. The van der Waals surface area contributed by atoms with Gasteiger partial charge in [-0.05, 0) is 49.3 Å². The molecule has 1 aliphatic heterocycles. The fourth-order valence-corrected chi connectivity index (χ4v) is 4.43. The molecule has 1 unspecified atom stereocenters. The summed E-state index contributed by atoms with van der Waals surface area (Å²) in [4.78, 5) is 7.01. The lowest BCUT2D eigenvalue weighted by Crippen LogP contribution is -2.51. The molecule has 1 aromatic rings. The van der Waals surface area contributed by atoms with Gasteiger partial charge in [-0.15, -0.1) is 0 Å². The van der Waals surface area contributed by atoms with Crippen molar-refractivity contribution in [2.24, 2.45) is 4.99 Å². The Balaban J connectivity index is 1.42. The molecule has 3 rings (SSSR count). The van der Waals surface area contributed by atoms with Gasteiger partial charge in [-0.1, -0.05) is 32.3 Å². The van der Waals surface area contributed by atoms with Crippen LogP contribution in [0.3, 0.4) is 0 Å². The number of aliphatic imine (C=N–C) groups is 1. The molecule has 2 N–H and O–H groups in total. The molecule has 0 aromatic heterocycles. The van der Waals surface area contributed by atoms with E-state index < -0.39 is 11.6 Å². The van der Waals surface area contributed by atoms with Crippen LogP contribution < -0.4 is 10.6 Å². The minimum Gasteiger partial charge on any atom is -0.356 e. The van der Waals surface area contributed by atoms with Gasteiger partial charge in [0.1, 0.15) is 0 Å². The van der Waals surface area contributed by atoms with Gasteiger partial charge < -0.3 is 15.5 Å². The van der Waals surface area contributed by atoms with Gasteiger partial charge in [-0.2, -0.15) is 0 Å². The summed E-state index contributed by atoms with van der Waals surface area (Å²) in [6.07, 6.45) is 9.17. The molecule has 6 heteroatoms. The van der Waals surface area contributed by atoms with E-state index in [-0.39, 0.29) is 5.92 Å². The van der Waals surface area contributed by atoms with Crippen LogP contribution in [-0.2, 0) is 0 Å². The summed E-state index contributed by atoms with van der Waals surface area (Å²) in [6.45, 7) is 4.93. The summed E-state index contributed by atoms with van der Waals surface area (Å²) in [5.41, 5.74) is 0.780. The average Bonchev–Trinajstić information content (AvgIpc) is 2.74. The summed E-state index contributed by atoms with van der Waals surface area (Å²) < 4.78 is 26.6. The molecule has 0 radical (unpaired) electrons. The van der Waals surface area contributed by atoms with E-state index in [4.69, 9.17) is 0 Å². The minimum absolute atomic E-state index is 0.0572. The predicted molar refractivity (Wildman–Crippen MR) is 111 cm³/mol. The summed E-state index contributed by atoms with van der Waals surface area (Å²) in [7, 11) is 1.77. The van der Waals surface area contributed by atoms with Gasteiger partial charge in [0, 0.05) is 38.8 Å². The summed E-state index contributed by atoms with van der Waals surface area (Å²) >= 11 is 0. The Hall–Kier alpha value is -1.69. The van der Waals surface area contributed by atoms with E-state index in [1.54, 1.807) is 13.1 Å². The van der Waals surface area contributed by atoms with Crippen LogP contribution >= 0.6 is 0 Å². The van der Waals surface area contributed by atoms with Crippen molar-refractivity contribution in [2.45, 2.75) is 69.9 Å². The second kappa shape index (κ2) is 10.2. The number of hydrogen-bond donors (Lipinski definition) is 2. The van der Waals surface area contributed by atoms with Crippen LogP contribution in [-0.4, -0.2) is 49.6 Å². The van der Waals surface area contributed by atoms with E-state index in [2.05, 4.69) is 20.5 Å². The number of hydrogen-bond acceptors (Lipinski definition) is 2. The third-order valence-electron chi connectivity index (χ3n) is 6.27. The van der Waals surface area contributed by atoms with E-state index in [0.717, 1.165) is 43.5 Å². The Bertz CT molecular complexity index is 650. The van der Waals surface area contributed by atoms with Crippen molar-refractivity contribution in [1.29, 1.82) is 0 Å². The first-order valence-corrected chi connectivity index (χ1v) is 10.7. The Labute approximate surface area is 167 Å². The molecule has 1 saturated carbocycles. The first-order chi connectivity index (χ1) is 13.6. The van der Waals surface area contributed by atoms with Gasteiger partial charge >= 0.3 is 0 Å². The van der Waals surface area contributed by atoms with Gasteiger partial charge in [-0.25, -0.2) is 8.78 Å². The van der Waals surface area contributed by atoms with E-state index in [0.29, 0.717) is 12.6 Å². The first kappa shape index (κ1) is 21.0. The number of nitrogens with zero attached hydrogens (tertiary/aromatic N) is 2. The lowest BCUT2D eigenvalue weighted by molar-refractivity contribution is 0.119. The van der Waals surface area contributed by atoms with Crippen LogP contribution in [0.15, 0.2) is 23.2 Å². The zero-order valence-corrected chi connectivity index (χ0v) is 17.2. The molecule has 28 heavy (non-hydrogen) atoms. The zero-order valence-electron chi connectivity index (χ0n) is 17.2. The highest BCUT2D eigenvalue weighted by molar-refractivity contribution is 5.80. The molecule has 156 valence electrons. The van der Waals surface area contributed by atoms with Gasteiger partial charge in [-0.3, -0.25) is 4.99 Å². The molecule has 0 bridgehead atoms. The highest BCUT2D eigenvalue weighted by Gasteiger charge is 2.26. The fraction of sp³-hybridized carbons (Fsp3) is 0.682. The highest BCUT2D eigenvalue weighted by Crippen LogP contribution is 2.25. The van der Waals surface area contributed by atoms with Crippen LogP contribution in [0.2, 0.25) is 0 Å². The quantitative estimate of drug-likeness (QED) is 0.587. The van der Waals surface area contributed by atoms with Crippen molar-refractivity contribution in [3.8, 4) is 0 Å². The molecular formula is C22H34F2N4. The molecule has 2 aliphatic rings. The minimum atomic E-state index is -0.805. The smallest absolute Gasteiger partial charge is 0.191 e. The average molecular weight is 393 g/mol. The van der Waals surface area contributed by atoms with Crippen LogP contribution in [0, 0.1) is 11.6 Å². The lowest BCUT2D eigenvalue weighted by atomic mass is 9.92. The predicted octanol–water partition coefficient (Wildman–Crippen LogP) is 4.03. The molecule has 4 nitrogen and oxygen atoms in total. The topological polar surface area (TPSA) is 39.7 Å². The standard InChI is InChI=1S/C22H34F2N4/c1-16(17-8-9-20(23)21(24)14-17)15-26-22(25-2)27-18-10-12-28(13-11-18)19-6-4-3-5-7-19/h8-9,14,16,18-19H,3-7,10-13,15H2,1-2H3,(H2,25,26,27). The molecule has 2 fully saturated rings. The van der Waals surface area contributed by atoms with E-state index >= 15 is 0 Å². The van der Waals surface area contributed by atoms with E-state index in [1.165, 1.54) is 44.2 Å². The number of guanidine groups is 1. The second-order valence-electron chi connectivity index (χ2n) is 8.27. The number of likely N-dealkylation sites (tertiary alicyclic amines) is 1. The van der Waals surface area contributed by atoms with Crippen LogP contribution in [0.25, 0.3) is 0 Å². The summed E-state index contributed by atoms with van der Waals surface area (Å²) in [6, 6.07) is 5.34. The Morgan fingerprint density at radius 2 is 1.82 bits per heavy atom. The van der Waals surface area contributed by atoms with Gasteiger partial charge in [0.25, 0.3) is 0 Å². The maximum absolute atomic E-state index is 13.4. The van der Waals surface area contributed by atoms with E-state index in [9.17, 15) is 8.78 Å². The third-order valence-corrected chi connectivity index (χ3v) is 6.27. The second-order valence-corrected chi connectivity index (χ2v) is 8.27. The molecule has 0 amide bonds. The monoisotopic (exact) mass is 392 g/mol. The SMILES string of the molecule is CN=C(NCC(C)c1ccc(F)c(F)c1)NC1CCN(C2CCCCC2)CC1. The van der Waals surface area contributed by atoms with Crippen molar-refractivity contribution in [1.82, 2.24) is 15.5 Å². The molecule has 1 heterocycles. The maximum Gasteiger partial charge on any atom is 0.191 e. The lowest BCUT2D eigenvalue weighted by Gasteiger charge is -2.39. The Morgan fingerprint density at radius 3 is 2.46 bits per heavy atom. The van der Waals surface area contributed by atoms with Gasteiger partial charge in [0.2, 0.25) is 0 Å². The van der Waals surface area contributed by atoms with Gasteiger partial charge in [0.15, 0.2) is 17.6 Å². The number of benzene rings is 1. The van der Waals surface area contributed by atoms with Crippen molar-refractivity contribution < 1.29 is 8.78 Å². The molecular weight excluding hydrogens is 358 g/mol. The van der Waals surface area contributed by atoms with Gasteiger partial charge in [0.05, 0.1) is 0 Å². The Morgan fingerprint density at radius 1 is 1.11 bits per heavy atom. The molecule has 1 aliphatic carbocycles. The number of rotatable bonds is 5. The van der Waals surface area contributed by atoms with Crippen molar-refractivity contribution in [3.05, 3.63) is 35.4 Å². The van der Waals surface area contributed by atoms with Crippen molar-refractivity contribution in [3.63, 3.8) is 0 Å². The molecule has 1 atom stereocenters. The van der Waals surface area contributed by atoms with Crippen molar-refractivity contribution in [2.75, 3.05) is 26.7 Å². The number of nitrogens with one attached hydrogen (secondary N) is 2. The Kier molecular flexibility index (Phi) is 7.65. The van der Waals surface area contributed by atoms with Crippen LogP contribution in [0.4, 0.5) is 8.78 Å². The fourth-order valence-electron chi connectivity index (χ4n) is 4.43. The maximum atomic E-state index is 13.4. The first-order valence-electron chi connectivity index (χ1n) is 10.7. The molecule has 1 saturated heterocycles. The van der Waals surface area contributed by atoms with Crippen molar-refractivity contribution >= 4 is 5.96 Å². The van der Waals surface area contributed by atoms with Crippen LogP contribution in [0.5, 0.6) is 0 Å². The summed E-state index contributed by atoms with van der Waals surface area (Å²) in [5.74, 6) is -0.759. The van der Waals surface area contributed by atoms with E-state index in [1.807, 2.05) is 6.92 Å². The molecule has 0 spiro atoms. The number of piperidine rings is 1. The number of halogens is 2. The zero-order chi connectivity index (χ0) is 19.9. The molecule has 1 aromatic carbocycles.